The third kappa shape index (κ3) is 3.69. The van der Waals surface area contributed by atoms with Crippen LogP contribution in [0.5, 0.6) is 0 Å². The van der Waals surface area contributed by atoms with Gasteiger partial charge in [0.25, 0.3) is 0 Å². The van der Waals surface area contributed by atoms with Crippen LogP contribution in [0, 0.1) is 0 Å². The van der Waals surface area contributed by atoms with Gasteiger partial charge < -0.3 is 0 Å². The zero-order valence-corrected chi connectivity index (χ0v) is 16.1. The average molecular weight is 387 g/mol. The molecule has 2 aromatic carbocycles. The monoisotopic (exact) mass is 386 g/mol. The summed E-state index contributed by atoms with van der Waals surface area (Å²) in [5.41, 5.74) is 1.19. The van der Waals surface area contributed by atoms with Crippen LogP contribution in [-0.2, 0) is 10.0 Å². The fraction of sp³-hybridized carbons (Fsp3) is 0.300. The van der Waals surface area contributed by atoms with E-state index in [1.807, 2.05) is 30.3 Å². The fourth-order valence-electron chi connectivity index (χ4n) is 3.58. The van der Waals surface area contributed by atoms with E-state index in [0.29, 0.717) is 11.4 Å². The number of likely N-dealkylation sites (tertiary alicyclic amines) is 1. The molecule has 1 saturated heterocycles. The Hall–Kier alpha value is -1.73. The van der Waals surface area contributed by atoms with E-state index in [0.717, 1.165) is 23.9 Å². The molecule has 3 aromatic rings. The van der Waals surface area contributed by atoms with Crippen molar-refractivity contribution >= 4 is 32.1 Å². The predicted molar refractivity (Wildman–Crippen MR) is 107 cm³/mol. The van der Waals surface area contributed by atoms with Gasteiger partial charge in [-0.05, 0) is 71.2 Å². The zero-order valence-electron chi connectivity index (χ0n) is 14.5. The lowest BCUT2D eigenvalue weighted by Gasteiger charge is -2.27. The normalized spacial score (nSPS) is 16.9. The smallest absolute Gasteiger partial charge is 0.240 e. The van der Waals surface area contributed by atoms with Crippen LogP contribution in [-0.4, -0.2) is 33.0 Å². The highest BCUT2D eigenvalue weighted by atomic mass is 32.2. The lowest BCUT2D eigenvalue weighted by molar-refractivity contribution is 0.247. The van der Waals surface area contributed by atoms with Crippen molar-refractivity contribution in [2.45, 2.75) is 23.8 Å². The third-order valence-electron chi connectivity index (χ3n) is 5.01. The molecule has 1 aromatic heterocycles. The topological polar surface area (TPSA) is 49.4 Å². The quantitative estimate of drug-likeness (QED) is 0.696. The van der Waals surface area contributed by atoms with Crippen LogP contribution in [0.4, 0.5) is 0 Å². The van der Waals surface area contributed by atoms with Gasteiger partial charge in [-0.2, -0.15) is 11.3 Å². The molecular formula is C20H22N2O2S2. The Morgan fingerprint density at radius 1 is 1.04 bits per heavy atom. The summed E-state index contributed by atoms with van der Waals surface area (Å²) in [5.74, 6) is 0. The van der Waals surface area contributed by atoms with Crippen molar-refractivity contribution < 1.29 is 8.42 Å². The van der Waals surface area contributed by atoms with E-state index in [1.165, 1.54) is 18.4 Å². The fourth-order valence-corrected chi connectivity index (χ4v) is 5.36. The zero-order chi connectivity index (χ0) is 18.0. The van der Waals surface area contributed by atoms with Gasteiger partial charge in [-0.1, -0.05) is 30.3 Å². The van der Waals surface area contributed by atoms with E-state index in [1.54, 1.807) is 23.5 Å². The standard InChI is InChI=1S/C20H22N2O2S2/c23-26(24,19-8-7-16-5-1-2-6-17(16)13-19)21-14-20(18-9-12-25-15-18)22-10-3-4-11-22/h1-2,5-9,12-13,15,20-21H,3-4,10-11,14H2/t20-/m0/s1. The van der Waals surface area contributed by atoms with E-state index in [2.05, 4.69) is 26.4 Å². The van der Waals surface area contributed by atoms with Crippen molar-refractivity contribution in [3.05, 3.63) is 64.9 Å². The van der Waals surface area contributed by atoms with Crippen LogP contribution >= 0.6 is 11.3 Å². The van der Waals surface area contributed by atoms with Gasteiger partial charge in [0.2, 0.25) is 10.0 Å². The first-order valence-corrected chi connectivity index (χ1v) is 11.3. The highest BCUT2D eigenvalue weighted by Crippen LogP contribution is 2.27. The van der Waals surface area contributed by atoms with E-state index in [9.17, 15) is 8.42 Å². The Bertz CT molecular complexity index is 978. The molecule has 0 saturated carbocycles. The van der Waals surface area contributed by atoms with Gasteiger partial charge in [-0.3, -0.25) is 4.90 Å². The Balaban J connectivity index is 1.55. The Morgan fingerprint density at radius 3 is 2.54 bits per heavy atom. The van der Waals surface area contributed by atoms with Crippen molar-refractivity contribution in [3.8, 4) is 0 Å². The number of nitrogens with zero attached hydrogens (tertiary/aromatic N) is 1. The molecule has 1 aliphatic rings. The molecule has 0 bridgehead atoms. The van der Waals surface area contributed by atoms with Gasteiger partial charge in [-0.25, -0.2) is 13.1 Å². The predicted octanol–water partition coefficient (Wildman–Crippen LogP) is 4.02. The van der Waals surface area contributed by atoms with Crippen LogP contribution in [0.25, 0.3) is 10.8 Å². The van der Waals surface area contributed by atoms with Gasteiger partial charge in [0, 0.05) is 12.6 Å². The van der Waals surface area contributed by atoms with Crippen molar-refractivity contribution in [1.29, 1.82) is 0 Å². The van der Waals surface area contributed by atoms with Gasteiger partial charge in [0.1, 0.15) is 0 Å². The van der Waals surface area contributed by atoms with Crippen LogP contribution in [0.2, 0.25) is 0 Å². The minimum absolute atomic E-state index is 0.0963. The van der Waals surface area contributed by atoms with Crippen LogP contribution < -0.4 is 4.72 Å². The van der Waals surface area contributed by atoms with E-state index in [4.69, 9.17) is 0 Å². The second-order valence-electron chi connectivity index (χ2n) is 6.68. The lowest BCUT2D eigenvalue weighted by atomic mass is 10.1. The molecule has 1 atom stereocenters. The van der Waals surface area contributed by atoms with Gasteiger partial charge in [0.15, 0.2) is 0 Å². The molecule has 136 valence electrons. The average Bonchev–Trinajstić information content (AvgIpc) is 3.36. The largest absolute Gasteiger partial charge is 0.295 e. The highest BCUT2D eigenvalue weighted by Gasteiger charge is 2.26. The maximum atomic E-state index is 12.8. The van der Waals surface area contributed by atoms with Crippen molar-refractivity contribution in [2.24, 2.45) is 0 Å². The molecule has 0 unspecified atom stereocenters. The maximum Gasteiger partial charge on any atom is 0.240 e. The van der Waals surface area contributed by atoms with Crippen LogP contribution in [0.1, 0.15) is 24.4 Å². The van der Waals surface area contributed by atoms with Crippen LogP contribution in [0.3, 0.4) is 0 Å². The summed E-state index contributed by atoms with van der Waals surface area (Å²) >= 11 is 1.65. The summed E-state index contributed by atoms with van der Waals surface area (Å²) < 4.78 is 28.5. The Kier molecular flexibility index (Phi) is 5.09. The van der Waals surface area contributed by atoms with Crippen molar-refractivity contribution in [3.63, 3.8) is 0 Å². The van der Waals surface area contributed by atoms with E-state index >= 15 is 0 Å². The number of hydrogen-bond donors (Lipinski definition) is 1. The number of rotatable bonds is 6. The van der Waals surface area contributed by atoms with Gasteiger partial charge >= 0.3 is 0 Å². The van der Waals surface area contributed by atoms with Crippen molar-refractivity contribution in [1.82, 2.24) is 9.62 Å². The molecule has 1 aliphatic heterocycles. The first-order chi connectivity index (χ1) is 12.6. The molecular weight excluding hydrogens is 364 g/mol. The lowest BCUT2D eigenvalue weighted by Crippen LogP contribution is -2.36. The summed E-state index contributed by atoms with van der Waals surface area (Å²) in [5, 5.41) is 6.15. The minimum Gasteiger partial charge on any atom is -0.295 e. The van der Waals surface area contributed by atoms with Gasteiger partial charge in [0.05, 0.1) is 4.90 Å². The number of fused-ring (bicyclic) bond motifs is 1. The first-order valence-electron chi connectivity index (χ1n) is 8.88. The maximum absolute atomic E-state index is 12.8. The second-order valence-corrected chi connectivity index (χ2v) is 9.22. The highest BCUT2D eigenvalue weighted by molar-refractivity contribution is 7.89. The van der Waals surface area contributed by atoms with E-state index in [-0.39, 0.29) is 6.04 Å². The van der Waals surface area contributed by atoms with Crippen molar-refractivity contribution in [2.75, 3.05) is 19.6 Å². The number of benzene rings is 2. The second kappa shape index (κ2) is 7.48. The molecule has 6 heteroatoms. The summed E-state index contributed by atoms with van der Waals surface area (Å²) in [6.07, 6.45) is 2.36. The summed E-state index contributed by atoms with van der Waals surface area (Å²) in [7, 11) is -3.54. The Labute approximate surface area is 158 Å². The molecule has 0 aliphatic carbocycles. The van der Waals surface area contributed by atoms with E-state index < -0.39 is 10.0 Å². The number of hydrogen-bond acceptors (Lipinski definition) is 4. The Morgan fingerprint density at radius 2 is 1.81 bits per heavy atom. The first kappa shape index (κ1) is 17.7. The molecule has 0 spiro atoms. The number of sulfonamides is 1. The third-order valence-corrected chi connectivity index (χ3v) is 7.13. The molecule has 4 nitrogen and oxygen atoms in total. The summed E-state index contributed by atoms with van der Waals surface area (Å²) in [6, 6.07) is 15.3. The number of nitrogens with one attached hydrogen (secondary N) is 1. The molecule has 1 fully saturated rings. The van der Waals surface area contributed by atoms with Gasteiger partial charge in [-0.15, -0.1) is 0 Å². The molecule has 0 amide bonds. The SMILES string of the molecule is O=S(=O)(NC[C@@H](c1ccsc1)N1CCCC1)c1ccc2ccccc2c1. The molecule has 4 rings (SSSR count). The minimum atomic E-state index is -3.54. The molecule has 2 heterocycles. The molecule has 1 N–H and O–H groups in total. The van der Waals surface area contributed by atoms with Crippen LogP contribution in [0.15, 0.2) is 64.2 Å². The number of thiophene rings is 1. The summed E-state index contributed by atoms with van der Waals surface area (Å²) in [4.78, 5) is 2.70. The summed E-state index contributed by atoms with van der Waals surface area (Å²) in [6.45, 7) is 2.45. The molecule has 0 radical (unpaired) electrons. The molecule has 26 heavy (non-hydrogen) atoms.